The second-order valence-electron chi connectivity index (χ2n) is 4.92. The predicted octanol–water partition coefficient (Wildman–Crippen LogP) is 2.62. The van der Waals surface area contributed by atoms with Crippen LogP contribution in [0.3, 0.4) is 0 Å². The Morgan fingerprint density at radius 3 is 2.06 bits per heavy atom. The highest BCUT2D eigenvalue weighted by Crippen LogP contribution is 2.30. The lowest BCUT2D eigenvalue weighted by Crippen LogP contribution is -2.49. The SMILES string of the molecule is C#CC(C)(C)NC(=O)C(C#N)(CCC)CCC. The molecule has 0 radical (unpaired) electrons. The van der Waals surface area contributed by atoms with Gasteiger partial charge in [0.25, 0.3) is 0 Å². The highest BCUT2D eigenvalue weighted by atomic mass is 16.2. The summed E-state index contributed by atoms with van der Waals surface area (Å²) in [5, 5.41) is 12.1. The molecule has 0 aromatic carbocycles. The minimum Gasteiger partial charge on any atom is -0.339 e. The number of terminal acetylenes is 1. The number of nitriles is 1. The Kier molecular flexibility index (Phi) is 5.75. The Labute approximate surface area is 105 Å². The zero-order chi connectivity index (χ0) is 13.5. The average Bonchev–Trinajstić information content (AvgIpc) is 2.28. The fourth-order valence-electron chi connectivity index (χ4n) is 1.81. The number of carbonyl (C=O) groups is 1. The fraction of sp³-hybridized carbons (Fsp3) is 0.714. The first-order valence-corrected chi connectivity index (χ1v) is 6.09. The van der Waals surface area contributed by atoms with Crippen LogP contribution in [0, 0.1) is 29.1 Å². The van der Waals surface area contributed by atoms with Crippen LogP contribution in [-0.4, -0.2) is 11.4 Å². The lowest BCUT2D eigenvalue weighted by molar-refractivity contribution is -0.130. The molecular formula is C14H22N2O. The van der Waals surface area contributed by atoms with Gasteiger partial charge in [0.2, 0.25) is 5.91 Å². The van der Waals surface area contributed by atoms with Crippen LogP contribution in [0.4, 0.5) is 0 Å². The number of amides is 1. The van der Waals surface area contributed by atoms with E-state index in [2.05, 4.69) is 17.3 Å². The van der Waals surface area contributed by atoms with Crippen molar-refractivity contribution in [1.29, 1.82) is 5.26 Å². The van der Waals surface area contributed by atoms with Gasteiger partial charge in [0.1, 0.15) is 5.41 Å². The summed E-state index contributed by atoms with van der Waals surface area (Å²) in [6.45, 7) is 7.46. The van der Waals surface area contributed by atoms with Crippen LogP contribution < -0.4 is 5.32 Å². The molecular weight excluding hydrogens is 212 g/mol. The normalized spacial score (nSPS) is 11.4. The Morgan fingerprint density at radius 1 is 1.29 bits per heavy atom. The molecule has 0 rings (SSSR count). The van der Waals surface area contributed by atoms with Crippen molar-refractivity contribution in [2.24, 2.45) is 5.41 Å². The Balaban J connectivity index is 5.02. The van der Waals surface area contributed by atoms with Gasteiger partial charge in [0.15, 0.2) is 0 Å². The van der Waals surface area contributed by atoms with E-state index in [1.807, 2.05) is 13.8 Å². The first-order chi connectivity index (χ1) is 7.87. The van der Waals surface area contributed by atoms with Crippen LogP contribution in [0.5, 0.6) is 0 Å². The average molecular weight is 234 g/mol. The number of carbonyl (C=O) groups excluding carboxylic acids is 1. The first kappa shape index (κ1) is 15.5. The number of nitrogens with one attached hydrogen (secondary N) is 1. The molecule has 0 aromatic heterocycles. The van der Waals surface area contributed by atoms with E-state index in [0.29, 0.717) is 12.8 Å². The molecule has 3 heteroatoms. The van der Waals surface area contributed by atoms with Gasteiger partial charge in [0.05, 0.1) is 11.6 Å². The van der Waals surface area contributed by atoms with E-state index in [4.69, 9.17) is 6.42 Å². The van der Waals surface area contributed by atoms with Crippen LogP contribution in [-0.2, 0) is 4.79 Å². The van der Waals surface area contributed by atoms with Gasteiger partial charge in [-0.1, -0.05) is 32.6 Å². The van der Waals surface area contributed by atoms with E-state index in [0.717, 1.165) is 12.8 Å². The summed E-state index contributed by atoms with van der Waals surface area (Å²) < 4.78 is 0. The van der Waals surface area contributed by atoms with Crippen molar-refractivity contribution in [2.45, 2.75) is 58.9 Å². The van der Waals surface area contributed by atoms with Crippen LogP contribution in [0.25, 0.3) is 0 Å². The Morgan fingerprint density at radius 2 is 1.76 bits per heavy atom. The molecule has 0 saturated carbocycles. The van der Waals surface area contributed by atoms with E-state index in [1.165, 1.54) is 0 Å². The fourth-order valence-corrected chi connectivity index (χ4v) is 1.81. The maximum absolute atomic E-state index is 12.2. The molecule has 0 aliphatic heterocycles. The highest BCUT2D eigenvalue weighted by molar-refractivity contribution is 5.86. The van der Waals surface area contributed by atoms with Gasteiger partial charge in [-0.3, -0.25) is 4.79 Å². The molecule has 0 aliphatic rings. The molecule has 0 bridgehead atoms. The summed E-state index contributed by atoms with van der Waals surface area (Å²) in [4.78, 5) is 12.2. The van der Waals surface area contributed by atoms with Crippen molar-refractivity contribution < 1.29 is 4.79 Å². The smallest absolute Gasteiger partial charge is 0.241 e. The lowest BCUT2D eigenvalue weighted by atomic mass is 9.79. The van der Waals surface area contributed by atoms with Crippen molar-refractivity contribution in [2.75, 3.05) is 0 Å². The van der Waals surface area contributed by atoms with E-state index in [-0.39, 0.29) is 5.91 Å². The zero-order valence-corrected chi connectivity index (χ0v) is 11.3. The molecule has 0 aromatic rings. The summed E-state index contributed by atoms with van der Waals surface area (Å²) in [7, 11) is 0. The summed E-state index contributed by atoms with van der Waals surface area (Å²) in [6, 6.07) is 2.18. The molecule has 0 saturated heterocycles. The monoisotopic (exact) mass is 234 g/mol. The molecule has 1 amide bonds. The molecule has 0 heterocycles. The third kappa shape index (κ3) is 4.11. The number of hydrogen-bond donors (Lipinski definition) is 1. The Bertz CT molecular complexity index is 338. The van der Waals surface area contributed by atoms with Crippen molar-refractivity contribution in [3.8, 4) is 18.4 Å². The van der Waals surface area contributed by atoms with Gasteiger partial charge in [-0.2, -0.15) is 5.26 Å². The van der Waals surface area contributed by atoms with Crippen LogP contribution in [0.2, 0.25) is 0 Å². The van der Waals surface area contributed by atoms with Gasteiger partial charge in [-0.05, 0) is 26.7 Å². The predicted molar refractivity (Wildman–Crippen MR) is 68.9 cm³/mol. The molecule has 0 atom stereocenters. The van der Waals surface area contributed by atoms with Crippen molar-refractivity contribution in [3.63, 3.8) is 0 Å². The van der Waals surface area contributed by atoms with Gasteiger partial charge in [-0.25, -0.2) is 0 Å². The summed E-state index contributed by atoms with van der Waals surface area (Å²) in [5.74, 6) is 2.27. The number of nitrogens with zero attached hydrogens (tertiary/aromatic N) is 1. The maximum atomic E-state index is 12.2. The minimum atomic E-state index is -0.933. The second-order valence-corrected chi connectivity index (χ2v) is 4.92. The van der Waals surface area contributed by atoms with Gasteiger partial charge >= 0.3 is 0 Å². The number of rotatable bonds is 6. The van der Waals surface area contributed by atoms with Crippen molar-refractivity contribution in [1.82, 2.24) is 5.32 Å². The van der Waals surface area contributed by atoms with Gasteiger partial charge in [0, 0.05) is 0 Å². The highest BCUT2D eigenvalue weighted by Gasteiger charge is 2.38. The van der Waals surface area contributed by atoms with E-state index in [9.17, 15) is 10.1 Å². The summed E-state index contributed by atoms with van der Waals surface area (Å²) >= 11 is 0. The minimum absolute atomic E-state index is 0.244. The quantitative estimate of drug-likeness (QED) is 0.718. The topological polar surface area (TPSA) is 52.9 Å². The van der Waals surface area contributed by atoms with E-state index >= 15 is 0 Å². The van der Waals surface area contributed by atoms with E-state index < -0.39 is 11.0 Å². The Hall–Kier alpha value is -1.48. The molecule has 0 spiro atoms. The molecule has 0 unspecified atom stereocenters. The van der Waals surface area contributed by atoms with Gasteiger partial charge < -0.3 is 5.32 Å². The van der Waals surface area contributed by atoms with E-state index in [1.54, 1.807) is 13.8 Å². The van der Waals surface area contributed by atoms with Crippen LogP contribution >= 0.6 is 0 Å². The summed E-state index contributed by atoms with van der Waals surface area (Å²) in [6.07, 6.45) is 8.09. The van der Waals surface area contributed by atoms with Crippen LogP contribution in [0.1, 0.15) is 53.4 Å². The van der Waals surface area contributed by atoms with Crippen LogP contribution in [0.15, 0.2) is 0 Å². The third-order valence-corrected chi connectivity index (χ3v) is 2.79. The molecule has 94 valence electrons. The largest absolute Gasteiger partial charge is 0.339 e. The molecule has 3 nitrogen and oxygen atoms in total. The third-order valence-electron chi connectivity index (χ3n) is 2.79. The van der Waals surface area contributed by atoms with Crippen molar-refractivity contribution in [3.05, 3.63) is 0 Å². The summed E-state index contributed by atoms with van der Waals surface area (Å²) in [5.41, 5.74) is -1.64. The molecule has 1 N–H and O–H groups in total. The first-order valence-electron chi connectivity index (χ1n) is 6.09. The second kappa shape index (κ2) is 6.30. The number of hydrogen-bond acceptors (Lipinski definition) is 2. The standard InChI is InChI=1S/C14H22N2O/c1-6-9-14(11-15,10-7-2)12(17)16-13(4,5)8-3/h3H,6-7,9-10H2,1-2,4-5H3,(H,16,17). The lowest BCUT2D eigenvalue weighted by Gasteiger charge is -2.29. The molecule has 0 aliphatic carbocycles. The molecule has 0 fully saturated rings. The van der Waals surface area contributed by atoms with Gasteiger partial charge in [-0.15, -0.1) is 6.42 Å². The molecule has 17 heavy (non-hydrogen) atoms. The van der Waals surface area contributed by atoms with Crippen molar-refractivity contribution >= 4 is 5.91 Å². The maximum Gasteiger partial charge on any atom is 0.241 e. The zero-order valence-electron chi connectivity index (χ0n) is 11.3.